The largest absolute Gasteiger partial charge is 0.399 e. The molecule has 0 amide bonds. The van der Waals surface area contributed by atoms with E-state index in [1.807, 2.05) is 30.6 Å². The average Bonchev–Trinajstić information content (AvgIpc) is 2.56. The Morgan fingerprint density at radius 1 is 1.14 bits per heavy atom. The van der Waals surface area contributed by atoms with E-state index in [2.05, 4.69) is 39.9 Å². The molecular weight excluding hydrogens is 272 g/mol. The number of hydrogen-bond acceptors (Lipinski definition) is 4. The second kappa shape index (κ2) is 6.90. The minimum Gasteiger partial charge on any atom is -0.399 e. The summed E-state index contributed by atoms with van der Waals surface area (Å²) in [5.41, 5.74) is 9.30. The number of aromatic nitrogens is 1. The summed E-state index contributed by atoms with van der Waals surface area (Å²) >= 11 is 0. The van der Waals surface area contributed by atoms with Gasteiger partial charge in [-0.05, 0) is 36.2 Å². The van der Waals surface area contributed by atoms with Crippen LogP contribution < -0.4 is 5.73 Å². The lowest BCUT2D eigenvalue weighted by Gasteiger charge is -2.38. The number of pyridine rings is 1. The van der Waals surface area contributed by atoms with Crippen LogP contribution in [0.1, 0.15) is 24.1 Å². The van der Waals surface area contributed by atoms with Crippen LogP contribution in [0.15, 0.2) is 48.8 Å². The third-order valence-corrected chi connectivity index (χ3v) is 4.48. The van der Waals surface area contributed by atoms with Crippen LogP contribution in [0.3, 0.4) is 0 Å². The zero-order chi connectivity index (χ0) is 15.4. The maximum Gasteiger partial charge on any atom is 0.0336 e. The number of nitrogens with two attached hydrogens (primary N) is 1. The normalized spacial score (nSPS) is 18.2. The standard InChI is InChI=1S/C18H24N4/c1-15(17-5-3-7-20-13-17)22-10-8-21(9-11-22)14-16-4-2-6-18(19)12-16/h2-7,12-13,15H,8-11,14,19H2,1H3. The molecule has 2 aromatic rings. The summed E-state index contributed by atoms with van der Waals surface area (Å²) < 4.78 is 0. The van der Waals surface area contributed by atoms with Gasteiger partial charge in [-0.2, -0.15) is 0 Å². The Bertz CT molecular complexity index is 591. The van der Waals surface area contributed by atoms with Crippen molar-refractivity contribution in [2.75, 3.05) is 31.9 Å². The monoisotopic (exact) mass is 296 g/mol. The van der Waals surface area contributed by atoms with Gasteiger partial charge in [-0.15, -0.1) is 0 Å². The molecular formula is C18H24N4. The van der Waals surface area contributed by atoms with Crippen molar-refractivity contribution in [3.05, 3.63) is 59.9 Å². The van der Waals surface area contributed by atoms with Gasteiger partial charge in [-0.25, -0.2) is 0 Å². The van der Waals surface area contributed by atoms with Crippen LogP contribution in [0.25, 0.3) is 0 Å². The van der Waals surface area contributed by atoms with E-state index in [0.717, 1.165) is 38.4 Å². The second-order valence-electron chi connectivity index (χ2n) is 6.02. The van der Waals surface area contributed by atoms with E-state index in [-0.39, 0.29) is 0 Å². The highest BCUT2D eigenvalue weighted by molar-refractivity contribution is 5.40. The number of piperazine rings is 1. The van der Waals surface area contributed by atoms with Crippen molar-refractivity contribution in [3.8, 4) is 0 Å². The molecule has 4 nitrogen and oxygen atoms in total. The Morgan fingerprint density at radius 2 is 1.95 bits per heavy atom. The SMILES string of the molecule is CC(c1cccnc1)N1CCN(Cc2cccc(N)c2)CC1. The fraction of sp³-hybridized carbons (Fsp3) is 0.389. The highest BCUT2D eigenvalue weighted by atomic mass is 15.3. The molecule has 1 unspecified atom stereocenters. The maximum atomic E-state index is 5.86. The number of anilines is 1. The predicted octanol–water partition coefficient (Wildman–Crippen LogP) is 2.54. The van der Waals surface area contributed by atoms with Crippen molar-refractivity contribution in [2.24, 2.45) is 0 Å². The molecule has 2 heterocycles. The fourth-order valence-electron chi connectivity index (χ4n) is 3.09. The van der Waals surface area contributed by atoms with E-state index in [0.29, 0.717) is 6.04 Å². The van der Waals surface area contributed by atoms with Crippen molar-refractivity contribution in [1.82, 2.24) is 14.8 Å². The summed E-state index contributed by atoms with van der Waals surface area (Å²) in [6, 6.07) is 12.8. The molecule has 0 bridgehead atoms. The molecule has 2 N–H and O–H groups in total. The molecule has 116 valence electrons. The summed E-state index contributed by atoms with van der Waals surface area (Å²) in [4.78, 5) is 9.27. The Kier molecular flexibility index (Phi) is 4.71. The van der Waals surface area contributed by atoms with Crippen LogP contribution in [0, 0.1) is 0 Å². The first-order chi connectivity index (χ1) is 10.7. The van der Waals surface area contributed by atoms with Crippen LogP contribution >= 0.6 is 0 Å². The van der Waals surface area contributed by atoms with E-state index < -0.39 is 0 Å². The zero-order valence-corrected chi connectivity index (χ0v) is 13.2. The molecule has 1 aliphatic rings. The summed E-state index contributed by atoms with van der Waals surface area (Å²) in [5.74, 6) is 0. The molecule has 1 aromatic carbocycles. The fourth-order valence-corrected chi connectivity index (χ4v) is 3.09. The molecule has 1 fully saturated rings. The number of nitrogen functional groups attached to an aromatic ring is 1. The highest BCUT2D eigenvalue weighted by Crippen LogP contribution is 2.21. The van der Waals surface area contributed by atoms with Gasteiger partial charge in [0.15, 0.2) is 0 Å². The Morgan fingerprint density at radius 3 is 2.64 bits per heavy atom. The molecule has 1 aromatic heterocycles. The van der Waals surface area contributed by atoms with E-state index >= 15 is 0 Å². The number of rotatable bonds is 4. The smallest absolute Gasteiger partial charge is 0.0336 e. The quantitative estimate of drug-likeness (QED) is 0.881. The lowest BCUT2D eigenvalue weighted by molar-refractivity contribution is 0.0977. The van der Waals surface area contributed by atoms with Crippen molar-refractivity contribution in [1.29, 1.82) is 0 Å². The molecule has 1 saturated heterocycles. The van der Waals surface area contributed by atoms with Crippen molar-refractivity contribution in [2.45, 2.75) is 19.5 Å². The Balaban J connectivity index is 1.54. The second-order valence-corrected chi connectivity index (χ2v) is 6.02. The van der Waals surface area contributed by atoms with E-state index in [1.54, 1.807) is 0 Å². The minimum atomic E-state index is 0.434. The maximum absolute atomic E-state index is 5.86. The van der Waals surface area contributed by atoms with Crippen LogP contribution in [0.2, 0.25) is 0 Å². The van der Waals surface area contributed by atoms with Crippen LogP contribution in [-0.4, -0.2) is 41.0 Å². The van der Waals surface area contributed by atoms with Gasteiger partial charge in [0.1, 0.15) is 0 Å². The molecule has 1 aliphatic heterocycles. The molecule has 22 heavy (non-hydrogen) atoms. The third-order valence-electron chi connectivity index (χ3n) is 4.48. The molecule has 1 atom stereocenters. The number of benzene rings is 1. The molecule has 4 heteroatoms. The minimum absolute atomic E-state index is 0.434. The molecule has 0 aliphatic carbocycles. The topological polar surface area (TPSA) is 45.4 Å². The molecule has 0 saturated carbocycles. The van der Waals surface area contributed by atoms with Gasteiger partial charge in [0.25, 0.3) is 0 Å². The van der Waals surface area contributed by atoms with Gasteiger partial charge in [0.2, 0.25) is 0 Å². The van der Waals surface area contributed by atoms with Crippen molar-refractivity contribution in [3.63, 3.8) is 0 Å². The van der Waals surface area contributed by atoms with E-state index in [1.165, 1.54) is 11.1 Å². The van der Waals surface area contributed by atoms with E-state index in [4.69, 9.17) is 5.73 Å². The van der Waals surface area contributed by atoms with Gasteiger partial charge < -0.3 is 5.73 Å². The first kappa shape index (κ1) is 15.0. The molecule has 3 rings (SSSR count). The zero-order valence-electron chi connectivity index (χ0n) is 13.2. The highest BCUT2D eigenvalue weighted by Gasteiger charge is 2.22. The van der Waals surface area contributed by atoms with Crippen molar-refractivity contribution < 1.29 is 0 Å². The third kappa shape index (κ3) is 3.64. The molecule has 0 radical (unpaired) electrons. The summed E-state index contributed by atoms with van der Waals surface area (Å²) in [5, 5.41) is 0. The van der Waals surface area contributed by atoms with Crippen LogP contribution in [-0.2, 0) is 6.54 Å². The van der Waals surface area contributed by atoms with Crippen LogP contribution in [0.4, 0.5) is 5.69 Å². The molecule has 0 spiro atoms. The van der Waals surface area contributed by atoms with Gasteiger partial charge >= 0.3 is 0 Å². The predicted molar refractivity (Wildman–Crippen MR) is 90.4 cm³/mol. The first-order valence-corrected chi connectivity index (χ1v) is 7.93. The number of nitrogens with zero attached hydrogens (tertiary/aromatic N) is 3. The van der Waals surface area contributed by atoms with Crippen molar-refractivity contribution >= 4 is 5.69 Å². The Hall–Kier alpha value is -1.91. The number of hydrogen-bond donors (Lipinski definition) is 1. The van der Waals surface area contributed by atoms with Crippen LogP contribution in [0.5, 0.6) is 0 Å². The van der Waals surface area contributed by atoms with Gasteiger partial charge in [0, 0.05) is 56.8 Å². The summed E-state index contributed by atoms with van der Waals surface area (Å²) in [6.45, 7) is 7.64. The van der Waals surface area contributed by atoms with Gasteiger partial charge in [0.05, 0.1) is 0 Å². The lowest BCUT2D eigenvalue weighted by atomic mass is 10.1. The lowest BCUT2D eigenvalue weighted by Crippen LogP contribution is -2.46. The van der Waals surface area contributed by atoms with Gasteiger partial charge in [-0.3, -0.25) is 14.8 Å². The van der Waals surface area contributed by atoms with E-state index in [9.17, 15) is 0 Å². The van der Waals surface area contributed by atoms with Gasteiger partial charge in [-0.1, -0.05) is 18.2 Å². The first-order valence-electron chi connectivity index (χ1n) is 7.93. The summed E-state index contributed by atoms with van der Waals surface area (Å²) in [6.07, 6.45) is 3.81. The summed E-state index contributed by atoms with van der Waals surface area (Å²) in [7, 11) is 0. The Labute approximate surface area is 132 Å². The average molecular weight is 296 g/mol.